The molecule has 6 nitrogen and oxygen atoms in total. The van der Waals surface area contributed by atoms with Gasteiger partial charge in [0.25, 0.3) is 0 Å². The van der Waals surface area contributed by atoms with Crippen LogP contribution in [0.3, 0.4) is 0 Å². The standard InChI is InChI=1S/C11H16N2O4S/c1-8-7-9(3-4-10(8)11(14)15)13-5-6-18(16,17)12-2/h3-4,7,12-13H,5-6H2,1-2H3,(H,14,15). The number of rotatable bonds is 6. The molecule has 0 saturated carbocycles. The Morgan fingerprint density at radius 1 is 1.39 bits per heavy atom. The molecule has 0 aliphatic heterocycles. The first-order chi connectivity index (χ1) is 8.35. The summed E-state index contributed by atoms with van der Waals surface area (Å²) < 4.78 is 24.6. The van der Waals surface area contributed by atoms with Crippen LogP contribution in [0.4, 0.5) is 5.69 Å². The predicted octanol–water partition coefficient (Wildman–Crippen LogP) is 0.654. The highest BCUT2D eigenvalue weighted by Crippen LogP contribution is 2.14. The van der Waals surface area contributed by atoms with Crippen LogP contribution in [-0.2, 0) is 10.0 Å². The van der Waals surface area contributed by atoms with Crippen LogP contribution in [0, 0.1) is 6.92 Å². The lowest BCUT2D eigenvalue weighted by molar-refractivity contribution is 0.0696. The summed E-state index contributed by atoms with van der Waals surface area (Å²) in [5.74, 6) is -1.01. The average Bonchev–Trinajstić information content (AvgIpc) is 2.28. The van der Waals surface area contributed by atoms with Gasteiger partial charge in [0.15, 0.2) is 0 Å². The van der Waals surface area contributed by atoms with Crippen molar-refractivity contribution in [3.8, 4) is 0 Å². The van der Waals surface area contributed by atoms with Crippen molar-refractivity contribution in [3.63, 3.8) is 0 Å². The molecule has 0 radical (unpaired) electrons. The molecule has 0 unspecified atom stereocenters. The molecule has 0 aliphatic rings. The van der Waals surface area contributed by atoms with Crippen LogP contribution < -0.4 is 10.0 Å². The maximum atomic E-state index is 11.2. The second-order valence-corrected chi connectivity index (χ2v) is 5.83. The van der Waals surface area contributed by atoms with E-state index in [1.165, 1.54) is 13.1 Å². The summed E-state index contributed by atoms with van der Waals surface area (Å²) in [6.07, 6.45) is 0. The van der Waals surface area contributed by atoms with Gasteiger partial charge in [-0.05, 0) is 37.7 Å². The molecule has 0 spiro atoms. The third kappa shape index (κ3) is 4.01. The van der Waals surface area contributed by atoms with E-state index in [2.05, 4.69) is 10.0 Å². The fourth-order valence-electron chi connectivity index (χ4n) is 1.45. The number of carbonyl (C=O) groups is 1. The van der Waals surface area contributed by atoms with Crippen molar-refractivity contribution in [1.82, 2.24) is 4.72 Å². The molecule has 0 heterocycles. The smallest absolute Gasteiger partial charge is 0.335 e. The van der Waals surface area contributed by atoms with Crippen molar-refractivity contribution in [2.24, 2.45) is 0 Å². The van der Waals surface area contributed by atoms with Crippen molar-refractivity contribution in [2.45, 2.75) is 6.92 Å². The van der Waals surface area contributed by atoms with Gasteiger partial charge in [-0.3, -0.25) is 0 Å². The molecule has 100 valence electrons. The van der Waals surface area contributed by atoms with E-state index in [-0.39, 0.29) is 17.9 Å². The molecule has 7 heteroatoms. The maximum absolute atomic E-state index is 11.2. The summed E-state index contributed by atoms with van der Waals surface area (Å²) in [7, 11) is -1.87. The van der Waals surface area contributed by atoms with Crippen molar-refractivity contribution in [1.29, 1.82) is 0 Å². The highest BCUT2D eigenvalue weighted by Gasteiger charge is 2.08. The van der Waals surface area contributed by atoms with E-state index < -0.39 is 16.0 Å². The minimum absolute atomic E-state index is 0.0385. The van der Waals surface area contributed by atoms with Crippen molar-refractivity contribution in [2.75, 3.05) is 24.7 Å². The molecule has 1 aromatic rings. The Labute approximate surface area is 106 Å². The van der Waals surface area contributed by atoms with Crippen molar-refractivity contribution >= 4 is 21.7 Å². The van der Waals surface area contributed by atoms with Gasteiger partial charge in [-0.1, -0.05) is 0 Å². The normalized spacial score (nSPS) is 11.2. The predicted molar refractivity (Wildman–Crippen MR) is 69.5 cm³/mol. The number of carboxylic acids is 1. The molecule has 0 bridgehead atoms. The zero-order valence-electron chi connectivity index (χ0n) is 10.2. The topological polar surface area (TPSA) is 95.5 Å². The average molecular weight is 272 g/mol. The van der Waals surface area contributed by atoms with Gasteiger partial charge in [0.2, 0.25) is 10.0 Å². The zero-order chi connectivity index (χ0) is 13.8. The first-order valence-electron chi connectivity index (χ1n) is 5.35. The molecule has 0 aromatic heterocycles. The van der Waals surface area contributed by atoms with Gasteiger partial charge in [-0.2, -0.15) is 0 Å². The van der Waals surface area contributed by atoms with Crippen LogP contribution in [0.5, 0.6) is 0 Å². The minimum Gasteiger partial charge on any atom is -0.478 e. The Hall–Kier alpha value is -1.60. The quantitative estimate of drug-likeness (QED) is 0.707. The van der Waals surface area contributed by atoms with Crippen molar-refractivity contribution < 1.29 is 18.3 Å². The Kier molecular flexibility index (Phi) is 4.69. The third-order valence-electron chi connectivity index (χ3n) is 2.47. The van der Waals surface area contributed by atoms with Crippen LogP contribution in [0.1, 0.15) is 15.9 Å². The summed E-state index contributed by atoms with van der Waals surface area (Å²) >= 11 is 0. The molecule has 0 amide bonds. The first kappa shape index (κ1) is 14.5. The number of sulfonamides is 1. The molecule has 3 N–H and O–H groups in total. The highest BCUT2D eigenvalue weighted by molar-refractivity contribution is 7.89. The number of benzene rings is 1. The van der Waals surface area contributed by atoms with Crippen LogP contribution in [0.15, 0.2) is 18.2 Å². The molecule has 1 aromatic carbocycles. The Bertz CT molecular complexity index is 540. The molecule has 0 fully saturated rings. The highest BCUT2D eigenvalue weighted by atomic mass is 32.2. The monoisotopic (exact) mass is 272 g/mol. The first-order valence-corrected chi connectivity index (χ1v) is 7.00. The van der Waals surface area contributed by atoms with Gasteiger partial charge in [0.1, 0.15) is 0 Å². The second-order valence-electron chi connectivity index (χ2n) is 3.78. The molecule has 18 heavy (non-hydrogen) atoms. The van der Waals surface area contributed by atoms with Gasteiger partial charge >= 0.3 is 5.97 Å². The molecular formula is C11H16N2O4S. The maximum Gasteiger partial charge on any atom is 0.335 e. The number of hydrogen-bond acceptors (Lipinski definition) is 4. The summed E-state index contributed by atoms with van der Waals surface area (Å²) in [4.78, 5) is 10.8. The van der Waals surface area contributed by atoms with Gasteiger partial charge in [0, 0.05) is 12.2 Å². The summed E-state index contributed by atoms with van der Waals surface area (Å²) in [5.41, 5.74) is 1.57. The minimum atomic E-state index is -3.23. The Balaban J connectivity index is 2.65. The van der Waals surface area contributed by atoms with E-state index >= 15 is 0 Å². The lowest BCUT2D eigenvalue weighted by Gasteiger charge is -2.08. The van der Waals surface area contributed by atoms with Crippen LogP contribution in [0.25, 0.3) is 0 Å². The molecule has 0 saturated heterocycles. The summed E-state index contributed by atoms with van der Waals surface area (Å²) in [6, 6.07) is 4.78. The Morgan fingerprint density at radius 3 is 2.56 bits per heavy atom. The van der Waals surface area contributed by atoms with Crippen LogP contribution in [-0.4, -0.2) is 38.8 Å². The van der Waals surface area contributed by atoms with Gasteiger partial charge < -0.3 is 10.4 Å². The van der Waals surface area contributed by atoms with Gasteiger partial charge in [-0.15, -0.1) is 0 Å². The second kappa shape index (κ2) is 5.83. The van der Waals surface area contributed by atoms with Gasteiger partial charge in [0.05, 0.1) is 11.3 Å². The number of anilines is 1. The molecule has 0 aliphatic carbocycles. The fraction of sp³-hybridized carbons (Fsp3) is 0.364. The third-order valence-corrected chi connectivity index (χ3v) is 3.83. The van der Waals surface area contributed by atoms with Crippen molar-refractivity contribution in [3.05, 3.63) is 29.3 Å². The van der Waals surface area contributed by atoms with E-state index in [4.69, 9.17) is 5.11 Å². The molecule has 0 atom stereocenters. The van der Waals surface area contributed by atoms with E-state index in [0.717, 1.165) is 0 Å². The number of hydrogen-bond donors (Lipinski definition) is 3. The SMILES string of the molecule is CNS(=O)(=O)CCNc1ccc(C(=O)O)c(C)c1. The lowest BCUT2D eigenvalue weighted by Crippen LogP contribution is -2.26. The Morgan fingerprint density at radius 2 is 2.06 bits per heavy atom. The fourth-order valence-corrected chi connectivity index (χ4v) is 2.02. The van der Waals surface area contributed by atoms with E-state index in [1.807, 2.05) is 0 Å². The zero-order valence-corrected chi connectivity index (χ0v) is 11.0. The van der Waals surface area contributed by atoms with E-state index in [0.29, 0.717) is 11.3 Å². The lowest BCUT2D eigenvalue weighted by atomic mass is 10.1. The van der Waals surface area contributed by atoms with Gasteiger partial charge in [-0.25, -0.2) is 17.9 Å². The van der Waals surface area contributed by atoms with Crippen LogP contribution >= 0.6 is 0 Å². The number of carboxylic acid groups (broad SMARTS) is 1. The van der Waals surface area contributed by atoms with Crippen LogP contribution in [0.2, 0.25) is 0 Å². The van der Waals surface area contributed by atoms with E-state index in [1.54, 1.807) is 19.1 Å². The summed E-state index contributed by atoms with van der Waals surface area (Å²) in [5, 5.41) is 11.8. The largest absolute Gasteiger partial charge is 0.478 e. The summed E-state index contributed by atoms with van der Waals surface area (Å²) in [6.45, 7) is 1.95. The molecule has 1 rings (SSSR count). The number of nitrogens with one attached hydrogen (secondary N) is 2. The number of aryl methyl sites for hydroxylation is 1. The molecular weight excluding hydrogens is 256 g/mol. The number of aromatic carboxylic acids is 1. The van der Waals surface area contributed by atoms with E-state index in [9.17, 15) is 13.2 Å².